The SMILES string of the molecule is O=C(O)CCC(Cc1ccccc1)NC(=O)Cc1ccc(Cl)cc1. The summed E-state index contributed by atoms with van der Waals surface area (Å²) in [6, 6.07) is 16.6. The highest BCUT2D eigenvalue weighted by molar-refractivity contribution is 6.30. The number of carboxylic acids is 1. The molecule has 1 atom stereocenters. The van der Waals surface area contributed by atoms with Crippen molar-refractivity contribution in [2.75, 3.05) is 0 Å². The monoisotopic (exact) mass is 345 g/mol. The quantitative estimate of drug-likeness (QED) is 0.769. The molecule has 24 heavy (non-hydrogen) atoms. The summed E-state index contributed by atoms with van der Waals surface area (Å²) in [5, 5.41) is 12.5. The van der Waals surface area contributed by atoms with Crippen molar-refractivity contribution < 1.29 is 14.7 Å². The predicted octanol–water partition coefficient (Wildman–Crippen LogP) is 3.47. The first-order valence-corrected chi connectivity index (χ1v) is 8.20. The number of benzene rings is 2. The number of carbonyl (C=O) groups excluding carboxylic acids is 1. The van der Waals surface area contributed by atoms with Gasteiger partial charge in [-0.3, -0.25) is 9.59 Å². The summed E-state index contributed by atoms with van der Waals surface area (Å²) in [5.41, 5.74) is 1.94. The highest BCUT2D eigenvalue weighted by Crippen LogP contribution is 2.11. The van der Waals surface area contributed by atoms with Crippen LogP contribution in [0.15, 0.2) is 54.6 Å². The van der Waals surface area contributed by atoms with E-state index in [0.29, 0.717) is 17.9 Å². The highest BCUT2D eigenvalue weighted by atomic mass is 35.5. The van der Waals surface area contributed by atoms with E-state index >= 15 is 0 Å². The standard InChI is InChI=1S/C19H20ClNO3/c20-16-8-6-15(7-9-16)13-18(22)21-17(10-11-19(23)24)12-14-4-2-1-3-5-14/h1-9,17H,10-13H2,(H,21,22)(H,23,24). The minimum atomic E-state index is -0.861. The summed E-state index contributed by atoms with van der Waals surface area (Å²) in [7, 11) is 0. The predicted molar refractivity (Wildman–Crippen MR) is 94.1 cm³/mol. The Morgan fingerprint density at radius 1 is 1.00 bits per heavy atom. The van der Waals surface area contributed by atoms with Crippen molar-refractivity contribution in [2.45, 2.75) is 31.7 Å². The van der Waals surface area contributed by atoms with Gasteiger partial charge in [-0.15, -0.1) is 0 Å². The van der Waals surface area contributed by atoms with Crippen molar-refractivity contribution in [1.29, 1.82) is 0 Å². The Morgan fingerprint density at radius 3 is 2.29 bits per heavy atom. The first-order valence-electron chi connectivity index (χ1n) is 7.82. The lowest BCUT2D eigenvalue weighted by atomic mass is 10.0. The van der Waals surface area contributed by atoms with Crippen LogP contribution in [0.2, 0.25) is 5.02 Å². The molecule has 0 heterocycles. The second kappa shape index (κ2) is 9.08. The molecule has 2 N–H and O–H groups in total. The van der Waals surface area contributed by atoms with Gasteiger partial charge in [-0.1, -0.05) is 54.1 Å². The summed E-state index contributed by atoms with van der Waals surface area (Å²) in [4.78, 5) is 23.1. The van der Waals surface area contributed by atoms with Crippen LogP contribution in [0.3, 0.4) is 0 Å². The van der Waals surface area contributed by atoms with Crippen LogP contribution in [-0.4, -0.2) is 23.0 Å². The van der Waals surface area contributed by atoms with Gasteiger partial charge in [0.05, 0.1) is 6.42 Å². The molecule has 0 bridgehead atoms. The average molecular weight is 346 g/mol. The minimum absolute atomic E-state index is 0.0265. The summed E-state index contributed by atoms with van der Waals surface area (Å²) in [6.07, 6.45) is 1.28. The molecule has 0 saturated carbocycles. The lowest BCUT2D eigenvalue weighted by Crippen LogP contribution is -2.37. The molecule has 0 aliphatic rings. The van der Waals surface area contributed by atoms with Crippen LogP contribution in [0.5, 0.6) is 0 Å². The number of carboxylic acid groups (broad SMARTS) is 1. The maximum Gasteiger partial charge on any atom is 0.303 e. The molecule has 0 spiro atoms. The Bertz CT molecular complexity index is 671. The molecule has 0 aliphatic carbocycles. The molecular formula is C19H20ClNO3. The van der Waals surface area contributed by atoms with Crippen LogP contribution < -0.4 is 5.32 Å². The molecule has 126 valence electrons. The molecule has 2 aromatic carbocycles. The molecule has 2 aromatic rings. The van der Waals surface area contributed by atoms with Gasteiger partial charge in [0.15, 0.2) is 0 Å². The number of hydrogen-bond donors (Lipinski definition) is 2. The van der Waals surface area contributed by atoms with Gasteiger partial charge in [0.2, 0.25) is 5.91 Å². The van der Waals surface area contributed by atoms with E-state index in [4.69, 9.17) is 16.7 Å². The van der Waals surface area contributed by atoms with Gasteiger partial charge in [-0.05, 0) is 36.1 Å². The normalized spacial score (nSPS) is 11.7. The van der Waals surface area contributed by atoms with Gasteiger partial charge in [0, 0.05) is 17.5 Å². The Labute approximate surface area is 146 Å². The van der Waals surface area contributed by atoms with E-state index in [0.717, 1.165) is 11.1 Å². The third-order valence-electron chi connectivity index (χ3n) is 3.67. The second-order valence-electron chi connectivity index (χ2n) is 5.69. The van der Waals surface area contributed by atoms with Gasteiger partial charge < -0.3 is 10.4 Å². The van der Waals surface area contributed by atoms with E-state index < -0.39 is 5.97 Å². The fourth-order valence-electron chi connectivity index (χ4n) is 2.49. The van der Waals surface area contributed by atoms with Gasteiger partial charge in [0.1, 0.15) is 0 Å². The molecule has 1 amide bonds. The lowest BCUT2D eigenvalue weighted by Gasteiger charge is -2.18. The van der Waals surface area contributed by atoms with Gasteiger partial charge in [-0.2, -0.15) is 0 Å². The molecular weight excluding hydrogens is 326 g/mol. The number of rotatable bonds is 8. The summed E-state index contributed by atoms with van der Waals surface area (Å²) < 4.78 is 0. The van der Waals surface area contributed by atoms with Crippen LogP contribution in [0, 0.1) is 0 Å². The van der Waals surface area contributed by atoms with Gasteiger partial charge in [-0.25, -0.2) is 0 Å². The zero-order chi connectivity index (χ0) is 17.4. The van der Waals surface area contributed by atoms with Crippen molar-refractivity contribution in [3.8, 4) is 0 Å². The van der Waals surface area contributed by atoms with Crippen molar-refractivity contribution in [3.63, 3.8) is 0 Å². The molecule has 0 aromatic heterocycles. The Morgan fingerprint density at radius 2 is 1.67 bits per heavy atom. The average Bonchev–Trinajstić information content (AvgIpc) is 2.55. The lowest BCUT2D eigenvalue weighted by molar-refractivity contribution is -0.137. The molecule has 2 rings (SSSR count). The summed E-state index contributed by atoms with van der Waals surface area (Å²) >= 11 is 5.84. The number of carbonyl (C=O) groups is 2. The van der Waals surface area contributed by atoms with Crippen molar-refractivity contribution in [1.82, 2.24) is 5.32 Å². The maximum absolute atomic E-state index is 12.3. The van der Waals surface area contributed by atoms with Crippen LogP contribution in [0.1, 0.15) is 24.0 Å². The van der Waals surface area contributed by atoms with E-state index in [1.54, 1.807) is 12.1 Å². The summed E-state index contributed by atoms with van der Waals surface area (Å²) in [5.74, 6) is -0.983. The molecule has 0 aliphatic heterocycles. The molecule has 0 saturated heterocycles. The number of aliphatic carboxylic acids is 1. The maximum atomic E-state index is 12.3. The number of nitrogens with one attached hydrogen (secondary N) is 1. The molecule has 1 unspecified atom stereocenters. The van der Waals surface area contributed by atoms with E-state index in [1.807, 2.05) is 42.5 Å². The van der Waals surface area contributed by atoms with Crippen LogP contribution in [-0.2, 0) is 22.4 Å². The third-order valence-corrected chi connectivity index (χ3v) is 3.93. The fourth-order valence-corrected chi connectivity index (χ4v) is 2.61. The molecule has 0 fully saturated rings. The van der Waals surface area contributed by atoms with Crippen LogP contribution in [0.25, 0.3) is 0 Å². The van der Waals surface area contributed by atoms with Crippen LogP contribution >= 0.6 is 11.6 Å². The van der Waals surface area contributed by atoms with E-state index in [2.05, 4.69) is 5.32 Å². The van der Waals surface area contributed by atoms with E-state index in [1.165, 1.54) is 0 Å². The van der Waals surface area contributed by atoms with E-state index in [9.17, 15) is 9.59 Å². The molecule has 4 nitrogen and oxygen atoms in total. The van der Waals surface area contributed by atoms with Gasteiger partial charge >= 0.3 is 5.97 Å². The minimum Gasteiger partial charge on any atom is -0.481 e. The number of hydrogen-bond acceptors (Lipinski definition) is 2. The molecule has 5 heteroatoms. The van der Waals surface area contributed by atoms with Crippen molar-refractivity contribution in [2.24, 2.45) is 0 Å². The second-order valence-corrected chi connectivity index (χ2v) is 6.13. The van der Waals surface area contributed by atoms with Crippen molar-refractivity contribution in [3.05, 3.63) is 70.7 Å². The van der Waals surface area contributed by atoms with Crippen LogP contribution in [0.4, 0.5) is 0 Å². The van der Waals surface area contributed by atoms with Gasteiger partial charge in [0.25, 0.3) is 0 Å². The Hall–Kier alpha value is -2.33. The summed E-state index contributed by atoms with van der Waals surface area (Å²) in [6.45, 7) is 0. The smallest absolute Gasteiger partial charge is 0.303 e. The Kier molecular flexibility index (Phi) is 6.82. The number of halogens is 1. The Balaban J connectivity index is 1.96. The van der Waals surface area contributed by atoms with E-state index in [-0.39, 0.29) is 24.8 Å². The zero-order valence-electron chi connectivity index (χ0n) is 13.2. The third kappa shape index (κ3) is 6.42. The first kappa shape index (κ1) is 18.0. The molecule has 0 radical (unpaired) electrons. The number of amides is 1. The first-order chi connectivity index (χ1) is 11.5. The fraction of sp³-hybridized carbons (Fsp3) is 0.263. The topological polar surface area (TPSA) is 66.4 Å². The zero-order valence-corrected chi connectivity index (χ0v) is 14.0. The van der Waals surface area contributed by atoms with Crippen molar-refractivity contribution >= 4 is 23.5 Å². The largest absolute Gasteiger partial charge is 0.481 e. The highest BCUT2D eigenvalue weighted by Gasteiger charge is 2.15.